The van der Waals surface area contributed by atoms with Crippen molar-refractivity contribution in [1.82, 2.24) is 15.4 Å². The second kappa shape index (κ2) is 4.69. The zero-order chi connectivity index (χ0) is 13.2. The molecule has 0 aromatic carbocycles. The van der Waals surface area contributed by atoms with Crippen LogP contribution in [0.25, 0.3) is 10.6 Å². The predicted molar refractivity (Wildman–Crippen MR) is 71.1 cm³/mol. The lowest BCUT2D eigenvalue weighted by Crippen LogP contribution is -2.13. The lowest BCUT2D eigenvalue weighted by molar-refractivity contribution is 0.101. The molecule has 0 unspecified atom stereocenters. The van der Waals surface area contributed by atoms with Crippen LogP contribution in [-0.4, -0.2) is 21.3 Å². The first kappa shape index (κ1) is 11.7. The standard InChI is InChI=1S/C12H10N4O2S/c1-7-6-13-15-11(7)14-12(17)8-5-9(18-16-8)10-3-2-4-19-10/h2-6H,1H3,(H2,13,14,15,17). The molecule has 0 fully saturated rings. The van der Waals surface area contributed by atoms with Gasteiger partial charge in [0.1, 0.15) is 5.82 Å². The van der Waals surface area contributed by atoms with Gasteiger partial charge in [-0.25, -0.2) is 0 Å². The Morgan fingerprint density at radius 1 is 1.53 bits per heavy atom. The molecule has 0 aliphatic heterocycles. The van der Waals surface area contributed by atoms with E-state index in [0.29, 0.717) is 11.6 Å². The molecule has 0 aliphatic carbocycles. The van der Waals surface area contributed by atoms with E-state index in [-0.39, 0.29) is 11.6 Å². The molecule has 1 amide bonds. The number of anilines is 1. The van der Waals surface area contributed by atoms with Gasteiger partial charge in [-0.2, -0.15) is 5.10 Å². The number of nitrogens with one attached hydrogen (secondary N) is 2. The third-order valence-corrected chi connectivity index (χ3v) is 3.46. The van der Waals surface area contributed by atoms with Gasteiger partial charge in [0, 0.05) is 11.6 Å². The molecule has 3 aromatic rings. The van der Waals surface area contributed by atoms with Crippen molar-refractivity contribution in [3.05, 3.63) is 41.0 Å². The summed E-state index contributed by atoms with van der Waals surface area (Å²) in [4.78, 5) is 12.9. The number of H-pyrrole nitrogens is 1. The van der Waals surface area contributed by atoms with Crippen molar-refractivity contribution in [2.24, 2.45) is 0 Å². The van der Waals surface area contributed by atoms with Gasteiger partial charge in [-0.15, -0.1) is 11.3 Å². The van der Waals surface area contributed by atoms with Crippen LogP contribution in [0.5, 0.6) is 0 Å². The van der Waals surface area contributed by atoms with Gasteiger partial charge in [-0.3, -0.25) is 9.89 Å². The fraction of sp³-hybridized carbons (Fsp3) is 0.0833. The van der Waals surface area contributed by atoms with Gasteiger partial charge in [-0.1, -0.05) is 11.2 Å². The van der Waals surface area contributed by atoms with Crippen molar-refractivity contribution >= 4 is 23.1 Å². The Balaban J connectivity index is 1.80. The Labute approximate surface area is 112 Å². The first-order chi connectivity index (χ1) is 9.24. The smallest absolute Gasteiger partial charge is 0.279 e. The van der Waals surface area contributed by atoms with Gasteiger partial charge < -0.3 is 9.84 Å². The monoisotopic (exact) mass is 274 g/mol. The summed E-state index contributed by atoms with van der Waals surface area (Å²) in [5.41, 5.74) is 1.09. The number of nitrogens with zero attached hydrogens (tertiary/aromatic N) is 2. The van der Waals surface area contributed by atoms with Gasteiger partial charge in [-0.05, 0) is 18.4 Å². The molecule has 6 nitrogen and oxygen atoms in total. The molecule has 3 aromatic heterocycles. The second-order valence-electron chi connectivity index (χ2n) is 3.94. The molecule has 96 valence electrons. The average molecular weight is 274 g/mol. The summed E-state index contributed by atoms with van der Waals surface area (Å²) in [5.74, 6) is 0.811. The second-order valence-corrected chi connectivity index (χ2v) is 4.88. The summed E-state index contributed by atoms with van der Waals surface area (Å²) in [6, 6.07) is 5.44. The molecule has 0 saturated heterocycles. The van der Waals surface area contributed by atoms with E-state index in [1.54, 1.807) is 12.3 Å². The Morgan fingerprint density at radius 2 is 2.42 bits per heavy atom. The van der Waals surface area contributed by atoms with Gasteiger partial charge >= 0.3 is 0 Å². The normalized spacial score (nSPS) is 10.6. The largest absolute Gasteiger partial charge is 0.355 e. The number of carbonyl (C=O) groups is 1. The highest BCUT2D eigenvalue weighted by atomic mass is 32.1. The molecular formula is C12H10N4O2S. The number of carbonyl (C=O) groups excluding carboxylic acids is 1. The van der Waals surface area contributed by atoms with E-state index in [2.05, 4.69) is 20.7 Å². The first-order valence-electron chi connectivity index (χ1n) is 5.56. The molecule has 19 heavy (non-hydrogen) atoms. The van der Waals surface area contributed by atoms with Crippen LogP contribution in [-0.2, 0) is 0 Å². The molecule has 3 heterocycles. The maximum Gasteiger partial charge on any atom is 0.279 e. The topological polar surface area (TPSA) is 83.8 Å². The Kier molecular flexibility index (Phi) is 2.88. The Morgan fingerprint density at radius 3 is 3.11 bits per heavy atom. The van der Waals surface area contributed by atoms with Crippen molar-refractivity contribution in [2.45, 2.75) is 6.92 Å². The number of aromatic amines is 1. The Bertz CT molecular complexity index is 699. The van der Waals surface area contributed by atoms with E-state index in [4.69, 9.17) is 4.52 Å². The molecule has 3 rings (SSSR count). The van der Waals surface area contributed by atoms with Gasteiger partial charge in [0.15, 0.2) is 11.5 Å². The van der Waals surface area contributed by atoms with E-state index in [1.807, 2.05) is 24.4 Å². The van der Waals surface area contributed by atoms with Crippen LogP contribution in [0.15, 0.2) is 34.3 Å². The van der Waals surface area contributed by atoms with Crippen molar-refractivity contribution in [3.63, 3.8) is 0 Å². The minimum atomic E-state index is -0.334. The van der Waals surface area contributed by atoms with E-state index < -0.39 is 0 Å². The maximum absolute atomic E-state index is 12.0. The van der Waals surface area contributed by atoms with Gasteiger partial charge in [0.25, 0.3) is 5.91 Å². The molecule has 7 heteroatoms. The number of thiophene rings is 1. The molecule has 0 spiro atoms. The lowest BCUT2D eigenvalue weighted by Gasteiger charge is -1.99. The van der Waals surface area contributed by atoms with E-state index in [1.165, 1.54) is 11.3 Å². The summed E-state index contributed by atoms with van der Waals surface area (Å²) in [6.07, 6.45) is 1.63. The first-order valence-corrected chi connectivity index (χ1v) is 6.44. The summed E-state index contributed by atoms with van der Waals surface area (Å²) < 4.78 is 5.15. The number of hydrogen-bond acceptors (Lipinski definition) is 5. The van der Waals surface area contributed by atoms with Crippen molar-refractivity contribution in [1.29, 1.82) is 0 Å². The number of aromatic nitrogens is 3. The number of amides is 1. The zero-order valence-corrected chi connectivity index (χ0v) is 10.8. The van der Waals surface area contributed by atoms with Crippen LogP contribution < -0.4 is 5.32 Å². The fourth-order valence-corrected chi connectivity index (χ4v) is 2.24. The quantitative estimate of drug-likeness (QED) is 0.769. The van der Waals surface area contributed by atoms with Crippen molar-refractivity contribution in [3.8, 4) is 10.6 Å². The Hall–Kier alpha value is -2.41. The predicted octanol–water partition coefficient (Wildman–Crippen LogP) is 2.69. The van der Waals surface area contributed by atoms with Crippen LogP contribution in [0.1, 0.15) is 16.1 Å². The minimum absolute atomic E-state index is 0.234. The zero-order valence-electron chi connectivity index (χ0n) is 10.0. The molecule has 0 saturated carbocycles. The third kappa shape index (κ3) is 2.27. The van der Waals surface area contributed by atoms with Crippen molar-refractivity contribution < 1.29 is 9.32 Å². The van der Waals surface area contributed by atoms with Gasteiger partial charge in [0.2, 0.25) is 0 Å². The number of rotatable bonds is 3. The highest BCUT2D eigenvalue weighted by Crippen LogP contribution is 2.25. The van der Waals surface area contributed by atoms with Crippen LogP contribution >= 0.6 is 11.3 Å². The average Bonchev–Trinajstić information content (AvgIpc) is 3.09. The summed E-state index contributed by atoms with van der Waals surface area (Å²) in [5, 5.41) is 14.9. The van der Waals surface area contributed by atoms with Crippen LogP contribution in [0.2, 0.25) is 0 Å². The lowest BCUT2D eigenvalue weighted by atomic mass is 10.3. The molecule has 0 atom stereocenters. The highest BCUT2D eigenvalue weighted by Gasteiger charge is 2.15. The van der Waals surface area contributed by atoms with Crippen LogP contribution in [0.4, 0.5) is 5.82 Å². The highest BCUT2D eigenvalue weighted by molar-refractivity contribution is 7.13. The van der Waals surface area contributed by atoms with E-state index in [0.717, 1.165) is 10.4 Å². The molecule has 0 aliphatic rings. The summed E-state index contributed by atoms with van der Waals surface area (Å²) >= 11 is 1.53. The molecule has 0 bridgehead atoms. The summed E-state index contributed by atoms with van der Waals surface area (Å²) in [7, 11) is 0. The SMILES string of the molecule is Cc1cn[nH]c1NC(=O)c1cc(-c2cccs2)on1. The third-order valence-electron chi connectivity index (χ3n) is 2.57. The minimum Gasteiger partial charge on any atom is -0.355 e. The van der Waals surface area contributed by atoms with E-state index >= 15 is 0 Å². The fourth-order valence-electron chi connectivity index (χ4n) is 1.57. The van der Waals surface area contributed by atoms with Crippen LogP contribution in [0, 0.1) is 6.92 Å². The van der Waals surface area contributed by atoms with Gasteiger partial charge in [0.05, 0.1) is 11.1 Å². The van der Waals surface area contributed by atoms with Crippen molar-refractivity contribution in [2.75, 3.05) is 5.32 Å². The van der Waals surface area contributed by atoms with E-state index in [9.17, 15) is 4.79 Å². The van der Waals surface area contributed by atoms with Crippen LogP contribution in [0.3, 0.4) is 0 Å². The maximum atomic E-state index is 12.0. The molecule has 2 N–H and O–H groups in total. The summed E-state index contributed by atoms with van der Waals surface area (Å²) in [6.45, 7) is 1.85. The molecular weight excluding hydrogens is 264 g/mol. The number of aryl methyl sites for hydroxylation is 1. The number of hydrogen-bond donors (Lipinski definition) is 2. The molecule has 0 radical (unpaired) electrons.